The van der Waals surface area contributed by atoms with Crippen LogP contribution in [0.3, 0.4) is 0 Å². The van der Waals surface area contributed by atoms with Gasteiger partial charge in [-0.2, -0.15) is 0 Å². The molecule has 0 unspecified atom stereocenters. The number of benzene rings is 1. The number of aliphatic hydroxyl groups excluding tert-OH is 1. The summed E-state index contributed by atoms with van der Waals surface area (Å²) in [6, 6.07) is 9.44. The first-order valence-corrected chi connectivity index (χ1v) is 6.48. The molecule has 2 N–H and O–H groups in total. The second-order valence-electron chi connectivity index (χ2n) is 2.91. The van der Waals surface area contributed by atoms with Gasteiger partial charge >= 0.3 is 72.6 Å². The Hall–Kier alpha value is -0.430. The normalized spacial score (nSPS) is 12.9. The average molecular weight is 186 g/mol. The van der Waals surface area contributed by atoms with Crippen molar-refractivity contribution in [2.24, 2.45) is 0 Å². The first-order valence-electron chi connectivity index (χ1n) is 4.11. The molecule has 0 aromatic heterocycles. The van der Waals surface area contributed by atoms with E-state index < -0.39 is 7.49 Å². The zero-order valence-corrected chi connectivity index (χ0v) is 8.20. The summed E-state index contributed by atoms with van der Waals surface area (Å²) in [5.74, 6) is 0. The Balaban J connectivity index is 2.95. The predicted octanol–water partition coefficient (Wildman–Crippen LogP) is 0.939. The van der Waals surface area contributed by atoms with E-state index >= 15 is 0 Å². The Morgan fingerprint density at radius 2 is 1.83 bits per heavy atom. The molecular formula is C9H15O2P. The number of hydrogen-bond donors (Lipinski definition) is 2. The van der Waals surface area contributed by atoms with Crippen LogP contribution in [0.4, 0.5) is 0 Å². The molecule has 0 atom stereocenters. The van der Waals surface area contributed by atoms with Gasteiger partial charge in [-0.1, -0.05) is 0 Å². The Morgan fingerprint density at radius 1 is 1.25 bits per heavy atom. The molecule has 1 rings (SSSR count). The summed E-state index contributed by atoms with van der Waals surface area (Å²) in [5.41, 5.74) is 0. The third-order valence-corrected chi connectivity index (χ3v) is 5.26. The minimum absolute atomic E-state index is 0.0898. The molecule has 1 aromatic rings. The molecule has 0 radical (unpaired) electrons. The molecule has 0 heterocycles. The van der Waals surface area contributed by atoms with E-state index in [1.807, 2.05) is 37.3 Å². The summed E-state index contributed by atoms with van der Waals surface area (Å²) < 4.78 is 0. The van der Waals surface area contributed by atoms with Crippen molar-refractivity contribution < 1.29 is 10.00 Å². The molecule has 0 spiro atoms. The topological polar surface area (TPSA) is 40.5 Å². The van der Waals surface area contributed by atoms with Crippen LogP contribution in [0.25, 0.3) is 0 Å². The van der Waals surface area contributed by atoms with Crippen molar-refractivity contribution in [2.45, 2.75) is 6.92 Å². The van der Waals surface area contributed by atoms with E-state index in [9.17, 15) is 4.89 Å². The van der Waals surface area contributed by atoms with E-state index in [1.165, 1.54) is 0 Å². The van der Waals surface area contributed by atoms with Crippen LogP contribution < -0.4 is 5.30 Å². The van der Waals surface area contributed by atoms with Crippen LogP contribution in [-0.4, -0.2) is 22.5 Å². The van der Waals surface area contributed by atoms with Crippen LogP contribution in [0.15, 0.2) is 30.3 Å². The summed E-state index contributed by atoms with van der Waals surface area (Å²) >= 11 is 0. The first-order chi connectivity index (χ1) is 5.73. The Kier molecular flexibility index (Phi) is 3.21. The van der Waals surface area contributed by atoms with E-state index in [4.69, 9.17) is 5.11 Å². The standard InChI is InChI=1S/C9H15O2P/c1-2-12(11,8-10)9-6-4-3-5-7-9/h3-7,10-12H,2,8H2,1H3. The summed E-state index contributed by atoms with van der Waals surface area (Å²) in [7, 11) is -2.52. The Bertz CT molecular complexity index is 232. The summed E-state index contributed by atoms with van der Waals surface area (Å²) in [5, 5.41) is 9.96. The maximum absolute atomic E-state index is 9.99. The van der Waals surface area contributed by atoms with Gasteiger partial charge in [0.25, 0.3) is 0 Å². The van der Waals surface area contributed by atoms with Crippen LogP contribution >= 0.6 is 7.49 Å². The van der Waals surface area contributed by atoms with Crippen molar-refractivity contribution in [3.63, 3.8) is 0 Å². The monoisotopic (exact) mass is 186 g/mol. The fourth-order valence-electron chi connectivity index (χ4n) is 1.16. The average Bonchev–Trinajstić information content (AvgIpc) is 2.18. The molecule has 0 aliphatic heterocycles. The molecule has 0 saturated heterocycles. The second-order valence-corrected chi connectivity index (χ2v) is 6.57. The summed E-state index contributed by atoms with van der Waals surface area (Å²) in [4.78, 5) is 9.99. The van der Waals surface area contributed by atoms with Crippen molar-refractivity contribution >= 4 is 12.8 Å². The maximum atomic E-state index is 9.99. The van der Waals surface area contributed by atoms with E-state index in [2.05, 4.69) is 0 Å². The van der Waals surface area contributed by atoms with Crippen LogP contribution in [0, 0.1) is 0 Å². The van der Waals surface area contributed by atoms with Gasteiger partial charge in [0.1, 0.15) is 0 Å². The van der Waals surface area contributed by atoms with Crippen molar-refractivity contribution in [1.82, 2.24) is 0 Å². The molecular weight excluding hydrogens is 171 g/mol. The zero-order chi connectivity index (χ0) is 9.03. The SMILES string of the molecule is CC[PH](O)(CO)c1ccccc1. The third kappa shape index (κ3) is 1.84. The van der Waals surface area contributed by atoms with Gasteiger partial charge in [-0.05, 0) is 0 Å². The molecule has 0 fully saturated rings. The van der Waals surface area contributed by atoms with Gasteiger partial charge in [0.05, 0.1) is 0 Å². The Morgan fingerprint density at radius 3 is 2.25 bits per heavy atom. The van der Waals surface area contributed by atoms with Gasteiger partial charge in [0.2, 0.25) is 0 Å². The van der Waals surface area contributed by atoms with E-state index in [0.717, 1.165) is 5.30 Å². The molecule has 0 aliphatic rings. The van der Waals surface area contributed by atoms with Crippen LogP contribution in [-0.2, 0) is 0 Å². The van der Waals surface area contributed by atoms with E-state index in [-0.39, 0.29) is 6.35 Å². The van der Waals surface area contributed by atoms with Crippen molar-refractivity contribution in [3.05, 3.63) is 30.3 Å². The van der Waals surface area contributed by atoms with E-state index in [1.54, 1.807) is 0 Å². The molecule has 2 nitrogen and oxygen atoms in total. The fourth-order valence-corrected chi connectivity index (χ4v) is 2.78. The first kappa shape index (κ1) is 9.66. The molecule has 3 heteroatoms. The molecule has 0 aliphatic carbocycles. The van der Waals surface area contributed by atoms with Gasteiger partial charge in [-0.3, -0.25) is 0 Å². The predicted molar refractivity (Wildman–Crippen MR) is 54.2 cm³/mol. The molecule has 68 valence electrons. The van der Waals surface area contributed by atoms with Gasteiger partial charge in [0, 0.05) is 0 Å². The molecule has 1 aromatic carbocycles. The van der Waals surface area contributed by atoms with Gasteiger partial charge in [0.15, 0.2) is 0 Å². The molecule has 12 heavy (non-hydrogen) atoms. The van der Waals surface area contributed by atoms with Gasteiger partial charge < -0.3 is 0 Å². The fraction of sp³-hybridized carbons (Fsp3) is 0.333. The number of rotatable bonds is 3. The third-order valence-electron chi connectivity index (χ3n) is 2.16. The second kappa shape index (κ2) is 3.99. The van der Waals surface area contributed by atoms with Crippen molar-refractivity contribution in [3.8, 4) is 0 Å². The van der Waals surface area contributed by atoms with Crippen molar-refractivity contribution in [2.75, 3.05) is 12.5 Å². The molecule has 0 amide bonds. The quantitative estimate of drug-likeness (QED) is 0.690. The summed E-state index contributed by atoms with van der Waals surface area (Å²) in [6.07, 6.45) is 0.570. The van der Waals surface area contributed by atoms with Gasteiger partial charge in [-0.15, -0.1) is 0 Å². The Labute approximate surface area is 73.3 Å². The van der Waals surface area contributed by atoms with Gasteiger partial charge in [-0.25, -0.2) is 0 Å². The number of hydrogen-bond acceptors (Lipinski definition) is 2. The van der Waals surface area contributed by atoms with Crippen LogP contribution in [0.2, 0.25) is 0 Å². The van der Waals surface area contributed by atoms with E-state index in [0.29, 0.717) is 6.16 Å². The summed E-state index contributed by atoms with van der Waals surface area (Å²) in [6.45, 7) is 1.91. The molecule has 0 bridgehead atoms. The van der Waals surface area contributed by atoms with Crippen molar-refractivity contribution in [1.29, 1.82) is 0 Å². The van der Waals surface area contributed by atoms with Crippen LogP contribution in [0.5, 0.6) is 0 Å². The number of aliphatic hydroxyl groups is 1. The van der Waals surface area contributed by atoms with Crippen LogP contribution in [0.1, 0.15) is 6.92 Å². The zero-order valence-electron chi connectivity index (χ0n) is 7.20. The molecule has 0 saturated carbocycles. The minimum atomic E-state index is -2.52.